The van der Waals surface area contributed by atoms with Gasteiger partial charge in [-0.1, -0.05) is 36.4 Å². The Kier molecular flexibility index (Phi) is 5.26. The molecular weight excluding hydrogens is 416 g/mol. The van der Waals surface area contributed by atoms with E-state index < -0.39 is 15.9 Å². The van der Waals surface area contributed by atoms with Crippen LogP contribution in [0.15, 0.2) is 94.0 Å². The maximum atomic E-state index is 12.7. The second kappa shape index (κ2) is 8.04. The number of azo groups is 1. The number of aromatic hydroxyl groups is 1. The number of hydrogen-bond acceptors (Lipinski definition) is 5. The molecule has 31 heavy (non-hydrogen) atoms. The number of fused-ring (bicyclic) bond motifs is 1. The van der Waals surface area contributed by atoms with Crippen LogP contribution in [0.4, 0.5) is 11.4 Å². The number of rotatable bonds is 5. The van der Waals surface area contributed by atoms with E-state index in [4.69, 9.17) is 0 Å². The van der Waals surface area contributed by atoms with Gasteiger partial charge in [-0.15, -0.1) is 10.2 Å². The lowest BCUT2D eigenvalue weighted by Crippen LogP contribution is -2.26. The molecule has 0 atom stereocenters. The lowest BCUT2D eigenvalue weighted by atomic mass is 10.2. The third kappa shape index (κ3) is 3.90. The smallest absolute Gasteiger partial charge is 0.295 e. The first-order valence-corrected chi connectivity index (χ1v) is 10.7. The Balaban J connectivity index is 1.54. The molecule has 0 fully saturated rings. The molecule has 4 rings (SSSR count). The lowest BCUT2D eigenvalue weighted by Gasteiger charge is -2.19. The van der Waals surface area contributed by atoms with Gasteiger partial charge in [0.2, 0.25) is 5.88 Å². The Hall–Kier alpha value is -3.98. The molecule has 1 heterocycles. The fourth-order valence-corrected chi connectivity index (χ4v) is 4.29. The van der Waals surface area contributed by atoms with Gasteiger partial charge in [-0.25, -0.2) is 8.42 Å². The van der Waals surface area contributed by atoms with Gasteiger partial charge in [0.15, 0.2) is 5.69 Å². The zero-order valence-electron chi connectivity index (χ0n) is 16.4. The van der Waals surface area contributed by atoms with E-state index in [2.05, 4.69) is 15.2 Å². The number of nitrogens with zero attached hydrogens (tertiary/aromatic N) is 3. The van der Waals surface area contributed by atoms with Crippen molar-refractivity contribution in [3.05, 3.63) is 84.4 Å². The third-order valence-corrected chi connectivity index (χ3v) is 6.58. The van der Waals surface area contributed by atoms with E-state index in [1.807, 2.05) is 0 Å². The van der Waals surface area contributed by atoms with Crippen molar-refractivity contribution in [1.29, 1.82) is 0 Å². The van der Waals surface area contributed by atoms with Gasteiger partial charge >= 0.3 is 0 Å². The summed E-state index contributed by atoms with van der Waals surface area (Å²) in [6.45, 7) is 0. The van der Waals surface area contributed by atoms with Crippen LogP contribution >= 0.6 is 0 Å². The molecule has 0 saturated heterocycles. The molecule has 1 amide bonds. The number of benzene rings is 3. The number of para-hydroxylation sites is 1. The zero-order valence-corrected chi connectivity index (χ0v) is 17.2. The van der Waals surface area contributed by atoms with Gasteiger partial charge in [0.25, 0.3) is 15.9 Å². The van der Waals surface area contributed by atoms with Crippen LogP contribution < -0.4 is 4.31 Å². The number of carbonyl (C=O) groups excluding carboxylic acids is 1. The molecule has 9 heteroatoms. The minimum atomic E-state index is -3.72. The monoisotopic (exact) mass is 434 g/mol. The number of anilines is 1. The van der Waals surface area contributed by atoms with Gasteiger partial charge in [0.1, 0.15) is 0 Å². The Morgan fingerprint density at radius 3 is 2.29 bits per heavy atom. The van der Waals surface area contributed by atoms with Crippen LogP contribution in [0.3, 0.4) is 0 Å². The van der Waals surface area contributed by atoms with Crippen LogP contribution in [0.5, 0.6) is 5.88 Å². The number of nitrogens with one attached hydrogen (secondary N) is 1. The third-order valence-electron chi connectivity index (χ3n) is 4.78. The first-order chi connectivity index (χ1) is 14.9. The summed E-state index contributed by atoms with van der Waals surface area (Å²) in [5, 5.41) is 18.2. The van der Waals surface area contributed by atoms with E-state index in [0.717, 1.165) is 4.31 Å². The molecule has 1 aromatic heterocycles. The van der Waals surface area contributed by atoms with E-state index in [1.165, 1.54) is 43.4 Å². The predicted octanol–water partition coefficient (Wildman–Crippen LogP) is 4.62. The second-order valence-electron chi connectivity index (χ2n) is 6.71. The quantitative estimate of drug-likeness (QED) is 0.446. The van der Waals surface area contributed by atoms with Crippen molar-refractivity contribution in [1.82, 2.24) is 4.98 Å². The number of H-pyrrole nitrogens is 1. The minimum Gasteiger partial charge on any atom is -0.493 e. The highest BCUT2D eigenvalue weighted by Crippen LogP contribution is 2.35. The Morgan fingerprint density at radius 2 is 1.58 bits per heavy atom. The van der Waals surface area contributed by atoms with Crippen LogP contribution in [0.2, 0.25) is 0 Å². The van der Waals surface area contributed by atoms with Crippen molar-refractivity contribution in [2.24, 2.45) is 10.2 Å². The summed E-state index contributed by atoms with van der Waals surface area (Å²) < 4.78 is 26.6. The summed E-state index contributed by atoms with van der Waals surface area (Å²) in [5.41, 5.74) is 1.48. The molecule has 4 aromatic rings. The average Bonchev–Trinajstić information content (AvgIpc) is 3.12. The first-order valence-electron chi connectivity index (χ1n) is 9.28. The maximum absolute atomic E-state index is 12.7. The van der Waals surface area contributed by atoms with Gasteiger partial charge in [-0.3, -0.25) is 9.10 Å². The average molecular weight is 434 g/mol. The van der Waals surface area contributed by atoms with Crippen molar-refractivity contribution >= 4 is 38.2 Å². The van der Waals surface area contributed by atoms with Crippen molar-refractivity contribution in [2.75, 3.05) is 11.4 Å². The standard InChI is InChI=1S/C22H18N4O4S/c1-26(31(29,30)17-7-3-2-4-8-17)16-13-11-15(12-14-16)21(27)25-24-20-18-9-5-6-10-19(18)23-22(20)28/h2-14,23,28H,1H3. The number of amides is 1. The molecule has 0 saturated carbocycles. The molecule has 0 aliphatic carbocycles. The molecule has 8 nitrogen and oxygen atoms in total. The van der Waals surface area contributed by atoms with Crippen molar-refractivity contribution in [2.45, 2.75) is 4.90 Å². The highest BCUT2D eigenvalue weighted by atomic mass is 32.2. The molecule has 0 aliphatic rings. The Bertz CT molecular complexity index is 1380. The van der Waals surface area contributed by atoms with Gasteiger partial charge in [-0.2, -0.15) is 0 Å². The summed E-state index contributed by atoms with van der Waals surface area (Å²) in [6.07, 6.45) is 0. The highest BCUT2D eigenvalue weighted by molar-refractivity contribution is 7.92. The SMILES string of the molecule is CN(c1ccc(C(=O)N=Nc2c(O)[nH]c3ccccc23)cc1)S(=O)(=O)c1ccccc1. The fourth-order valence-electron chi connectivity index (χ4n) is 3.07. The number of aromatic amines is 1. The minimum absolute atomic E-state index is 0.171. The van der Waals surface area contributed by atoms with Crippen LogP contribution in [0, 0.1) is 0 Å². The van der Waals surface area contributed by atoms with Crippen molar-refractivity contribution in [3.63, 3.8) is 0 Å². The molecule has 0 aliphatic heterocycles. The normalized spacial score (nSPS) is 11.8. The van der Waals surface area contributed by atoms with E-state index >= 15 is 0 Å². The summed E-state index contributed by atoms with van der Waals surface area (Å²) in [4.78, 5) is 15.3. The Labute approximate surface area is 178 Å². The molecule has 0 spiro atoms. The number of aromatic nitrogens is 1. The van der Waals surface area contributed by atoms with E-state index in [-0.39, 0.29) is 22.0 Å². The second-order valence-corrected chi connectivity index (χ2v) is 8.67. The van der Waals surface area contributed by atoms with Crippen LogP contribution in [-0.4, -0.2) is 31.5 Å². The van der Waals surface area contributed by atoms with E-state index in [9.17, 15) is 18.3 Å². The molecule has 0 bridgehead atoms. The molecule has 0 unspecified atom stereocenters. The van der Waals surface area contributed by atoms with Gasteiger partial charge in [0, 0.05) is 18.0 Å². The largest absolute Gasteiger partial charge is 0.493 e. The molecule has 2 N–H and O–H groups in total. The topological polar surface area (TPSA) is 115 Å². The number of sulfonamides is 1. The molecule has 156 valence electrons. The lowest BCUT2D eigenvalue weighted by molar-refractivity contribution is 0.0995. The van der Waals surface area contributed by atoms with Crippen LogP contribution in [-0.2, 0) is 10.0 Å². The van der Waals surface area contributed by atoms with E-state index in [0.29, 0.717) is 16.6 Å². The number of carbonyl (C=O) groups is 1. The van der Waals surface area contributed by atoms with Crippen LogP contribution in [0.1, 0.15) is 10.4 Å². The predicted molar refractivity (Wildman–Crippen MR) is 117 cm³/mol. The summed E-state index contributed by atoms with van der Waals surface area (Å²) >= 11 is 0. The van der Waals surface area contributed by atoms with Gasteiger partial charge < -0.3 is 10.1 Å². The van der Waals surface area contributed by atoms with Crippen molar-refractivity contribution < 1.29 is 18.3 Å². The summed E-state index contributed by atoms with van der Waals surface area (Å²) in [7, 11) is -2.27. The fraction of sp³-hybridized carbons (Fsp3) is 0.0455. The first kappa shape index (κ1) is 20.3. The summed E-state index contributed by atoms with van der Waals surface area (Å²) in [5.74, 6) is -0.800. The summed E-state index contributed by atoms with van der Waals surface area (Å²) in [6, 6.07) is 21.2. The molecule has 0 radical (unpaired) electrons. The Morgan fingerprint density at radius 1 is 0.935 bits per heavy atom. The zero-order chi connectivity index (χ0) is 22.0. The molecular formula is C22H18N4O4S. The molecule has 3 aromatic carbocycles. The van der Waals surface area contributed by atoms with Gasteiger partial charge in [-0.05, 0) is 42.5 Å². The van der Waals surface area contributed by atoms with Gasteiger partial charge in [0.05, 0.1) is 16.1 Å². The van der Waals surface area contributed by atoms with Crippen molar-refractivity contribution in [3.8, 4) is 5.88 Å². The highest BCUT2D eigenvalue weighted by Gasteiger charge is 2.21. The maximum Gasteiger partial charge on any atom is 0.295 e. The number of hydrogen-bond donors (Lipinski definition) is 2. The van der Waals surface area contributed by atoms with E-state index in [1.54, 1.807) is 42.5 Å². The van der Waals surface area contributed by atoms with Crippen LogP contribution in [0.25, 0.3) is 10.9 Å².